The van der Waals surface area contributed by atoms with Gasteiger partial charge in [0.1, 0.15) is 23.9 Å². The van der Waals surface area contributed by atoms with Crippen molar-refractivity contribution >= 4 is 35.7 Å². The molecule has 4 atom stereocenters. The smallest absolute Gasteiger partial charge is 0.338 e. The number of benzene rings is 1. The minimum Gasteiger partial charge on any atom is -0.460 e. The van der Waals surface area contributed by atoms with Crippen LogP contribution >= 0.6 is 0 Å². The van der Waals surface area contributed by atoms with E-state index < -0.39 is 59.5 Å². The van der Waals surface area contributed by atoms with Crippen molar-refractivity contribution in [1.82, 2.24) is 15.5 Å². The Morgan fingerprint density at radius 3 is 2.22 bits per heavy atom. The summed E-state index contributed by atoms with van der Waals surface area (Å²) in [6.07, 6.45) is 10.4. The number of fused-ring (bicyclic) bond motifs is 1. The highest BCUT2D eigenvalue weighted by Crippen LogP contribution is 2.43. The van der Waals surface area contributed by atoms with Crippen LogP contribution in [0, 0.1) is 0 Å². The van der Waals surface area contributed by atoms with Crippen LogP contribution in [0.2, 0.25) is 0 Å². The Labute approximate surface area is 326 Å². The van der Waals surface area contributed by atoms with E-state index in [1.54, 1.807) is 71.3 Å². The monoisotopic (exact) mass is 769 g/mol. The van der Waals surface area contributed by atoms with E-state index in [-0.39, 0.29) is 44.7 Å². The number of carbonyl (C=O) groups is 5. The van der Waals surface area contributed by atoms with Gasteiger partial charge in [-0.3, -0.25) is 19.2 Å². The van der Waals surface area contributed by atoms with Crippen molar-refractivity contribution in [3.8, 4) is 0 Å². The van der Waals surface area contributed by atoms with Crippen LogP contribution in [-0.2, 0) is 38.1 Å². The van der Waals surface area contributed by atoms with Crippen LogP contribution in [0.1, 0.15) is 128 Å². The van der Waals surface area contributed by atoms with Crippen molar-refractivity contribution in [1.29, 1.82) is 0 Å². The maximum atomic E-state index is 13.5. The van der Waals surface area contributed by atoms with E-state index in [1.807, 2.05) is 0 Å². The molecule has 0 bridgehead atoms. The molecule has 1 heterocycles. The maximum Gasteiger partial charge on any atom is 0.338 e. The van der Waals surface area contributed by atoms with Crippen molar-refractivity contribution in [3.05, 3.63) is 53.1 Å². The van der Waals surface area contributed by atoms with E-state index in [9.17, 15) is 29.1 Å². The molecule has 13 nitrogen and oxygen atoms in total. The van der Waals surface area contributed by atoms with Crippen LogP contribution in [0.25, 0.3) is 6.08 Å². The summed E-state index contributed by atoms with van der Waals surface area (Å²) in [5.41, 5.74) is 0.775. The standard InChI is InChI=1S/C42H63N3O10/c1-8-10-12-23-42(24-13-11-9-2)53-34-27-31(39(50)43-25-22-35(47)44-32(28-46)19-21-37(49)54-41(3,4)5)26-33(38(34)55-42)52-40(51)30-17-14-29(15-18-30)16-20-36(48)45(6)7/h14-18,20,27,32-34,38,46H,8-13,19,21-26,28H2,1-7H3,(H,43,50)(H,44,47)/t32-,33+,34+,38-/m0/s1. The van der Waals surface area contributed by atoms with E-state index in [0.717, 1.165) is 44.1 Å². The number of hydrogen-bond acceptors (Lipinski definition) is 10. The molecule has 3 amide bonds. The predicted molar refractivity (Wildman–Crippen MR) is 209 cm³/mol. The minimum atomic E-state index is -0.866. The SMILES string of the molecule is CCCCCC1(CCCCC)O[C@@H]2[C@@H](C=C(C(=O)NCCC(=O)N[C@H](CO)CCC(=O)OC(C)(C)C)C[C@H]2OC(=O)c2ccc(C=CC(=O)N(C)C)cc2)O1. The molecule has 1 saturated heterocycles. The average Bonchev–Trinajstić information content (AvgIpc) is 3.50. The largest absolute Gasteiger partial charge is 0.460 e. The number of hydrogen-bond donors (Lipinski definition) is 3. The van der Waals surface area contributed by atoms with Gasteiger partial charge in [-0.1, -0.05) is 51.7 Å². The number of aliphatic hydroxyl groups excluding tert-OH is 1. The highest BCUT2D eigenvalue weighted by molar-refractivity contribution is 5.95. The lowest BCUT2D eigenvalue weighted by Gasteiger charge is -2.31. The van der Waals surface area contributed by atoms with Gasteiger partial charge < -0.3 is 39.6 Å². The Kier molecular flexibility index (Phi) is 18.0. The Bertz CT molecular complexity index is 1490. The number of rotatable bonds is 21. The van der Waals surface area contributed by atoms with E-state index >= 15 is 0 Å². The van der Waals surface area contributed by atoms with Crippen LogP contribution < -0.4 is 10.6 Å². The second-order valence-electron chi connectivity index (χ2n) is 15.6. The molecule has 3 N–H and O–H groups in total. The van der Waals surface area contributed by atoms with Crippen LogP contribution in [-0.4, -0.2) is 103 Å². The van der Waals surface area contributed by atoms with Gasteiger partial charge in [-0.05, 0) is 69.9 Å². The Morgan fingerprint density at radius 2 is 1.64 bits per heavy atom. The Morgan fingerprint density at radius 1 is 0.982 bits per heavy atom. The Balaban J connectivity index is 1.71. The van der Waals surface area contributed by atoms with E-state index in [1.165, 1.54) is 11.0 Å². The summed E-state index contributed by atoms with van der Waals surface area (Å²) in [6, 6.07) is 6.06. The van der Waals surface area contributed by atoms with Crippen LogP contribution in [0.15, 0.2) is 42.0 Å². The predicted octanol–water partition coefficient (Wildman–Crippen LogP) is 5.39. The number of unbranched alkanes of at least 4 members (excludes halogenated alkanes) is 4. The molecular weight excluding hydrogens is 706 g/mol. The van der Waals surface area contributed by atoms with Crippen molar-refractivity contribution < 1.29 is 48.0 Å². The van der Waals surface area contributed by atoms with Crippen molar-refractivity contribution in [2.24, 2.45) is 0 Å². The zero-order chi connectivity index (χ0) is 40.6. The molecule has 0 aromatic heterocycles. The first kappa shape index (κ1) is 45.3. The topological polar surface area (TPSA) is 170 Å². The van der Waals surface area contributed by atoms with Gasteiger partial charge in [0.2, 0.25) is 17.7 Å². The van der Waals surface area contributed by atoms with E-state index in [2.05, 4.69) is 24.5 Å². The van der Waals surface area contributed by atoms with E-state index in [4.69, 9.17) is 18.9 Å². The fourth-order valence-corrected chi connectivity index (χ4v) is 6.45. The number of nitrogens with one attached hydrogen (secondary N) is 2. The maximum absolute atomic E-state index is 13.5. The molecule has 55 heavy (non-hydrogen) atoms. The molecule has 1 aromatic rings. The number of nitrogens with zero attached hydrogens (tertiary/aromatic N) is 1. The molecule has 1 aromatic carbocycles. The third-order valence-corrected chi connectivity index (χ3v) is 9.40. The number of amides is 3. The average molecular weight is 770 g/mol. The lowest BCUT2D eigenvalue weighted by Crippen LogP contribution is -2.44. The zero-order valence-corrected chi connectivity index (χ0v) is 33.8. The summed E-state index contributed by atoms with van der Waals surface area (Å²) in [5, 5.41) is 15.3. The van der Waals surface area contributed by atoms with Gasteiger partial charge in [-0.15, -0.1) is 0 Å². The van der Waals surface area contributed by atoms with E-state index in [0.29, 0.717) is 24.0 Å². The number of ether oxygens (including phenoxy) is 4. The number of aliphatic hydroxyl groups is 1. The van der Waals surface area contributed by atoms with Crippen LogP contribution in [0.4, 0.5) is 0 Å². The highest BCUT2D eigenvalue weighted by Gasteiger charge is 2.52. The number of likely N-dealkylation sites (N-methyl/N-ethyl adjacent to an activating group) is 1. The lowest BCUT2D eigenvalue weighted by molar-refractivity contribution is -0.190. The lowest BCUT2D eigenvalue weighted by atomic mass is 9.91. The molecular formula is C42H63N3O10. The second-order valence-corrected chi connectivity index (χ2v) is 15.6. The van der Waals surface area contributed by atoms with Crippen molar-refractivity contribution in [3.63, 3.8) is 0 Å². The third-order valence-electron chi connectivity index (χ3n) is 9.40. The first-order chi connectivity index (χ1) is 26.1. The Hall–Kier alpha value is -4.07. The van der Waals surface area contributed by atoms with Crippen molar-refractivity contribution in [2.45, 2.75) is 147 Å². The fourth-order valence-electron chi connectivity index (χ4n) is 6.45. The second kappa shape index (κ2) is 21.9. The molecule has 0 unspecified atom stereocenters. The molecule has 0 radical (unpaired) electrons. The first-order valence-corrected chi connectivity index (χ1v) is 19.8. The van der Waals surface area contributed by atoms with Gasteiger partial charge in [0, 0.05) is 64.4 Å². The molecule has 1 aliphatic carbocycles. The molecule has 3 rings (SSSR count). The molecule has 1 aliphatic heterocycles. The summed E-state index contributed by atoms with van der Waals surface area (Å²) in [7, 11) is 3.33. The van der Waals surface area contributed by atoms with Gasteiger partial charge in [0.15, 0.2) is 5.79 Å². The van der Waals surface area contributed by atoms with Gasteiger partial charge in [-0.2, -0.15) is 0 Å². The summed E-state index contributed by atoms with van der Waals surface area (Å²) in [6.45, 7) is 9.23. The highest BCUT2D eigenvalue weighted by atomic mass is 16.8. The van der Waals surface area contributed by atoms with Gasteiger partial charge in [-0.25, -0.2) is 4.79 Å². The van der Waals surface area contributed by atoms with Crippen LogP contribution in [0.5, 0.6) is 0 Å². The molecule has 13 heteroatoms. The molecule has 0 saturated carbocycles. The number of esters is 2. The molecule has 0 spiro atoms. The number of carbonyl (C=O) groups excluding carboxylic acids is 5. The molecule has 1 fully saturated rings. The zero-order valence-electron chi connectivity index (χ0n) is 33.8. The van der Waals surface area contributed by atoms with Gasteiger partial charge in [0.25, 0.3) is 0 Å². The normalized spacial score (nSPS) is 19.6. The van der Waals surface area contributed by atoms with Crippen LogP contribution in [0.3, 0.4) is 0 Å². The van der Waals surface area contributed by atoms with Gasteiger partial charge in [0.05, 0.1) is 18.2 Å². The third kappa shape index (κ3) is 15.2. The van der Waals surface area contributed by atoms with Gasteiger partial charge >= 0.3 is 11.9 Å². The van der Waals surface area contributed by atoms with Crippen molar-refractivity contribution in [2.75, 3.05) is 27.2 Å². The summed E-state index contributed by atoms with van der Waals surface area (Å²) in [5.74, 6) is -2.84. The molecule has 2 aliphatic rings. The summed E-state index contributed by atoms with van der Waals surface area (Å²) >= 11 is 0. The quantitative estimate of drug-likeness (QED) is 0.0838. The summed E-state index contributed by atoms with van der Waals surface area (Å²) in [4.78, 5) is 65.2. The summed E-state index contributed by atoms with van der Waals surface area (Å²) < 4.78 is 24.8. The fraction of sp³-hybridized carbons (Fsp3) is 0.643. The minimum absolute atomic E-state index is 0.0149. The molecule has 306 valence electrons. The first-order valence-electron chi connectivity index (χ1n) is 19.8.